The third kappa shape index (κ3) is 2.88. The number of benzene rings is 1. The maximum atomic E-state index is 11.3. The molecule has 1 aliphatic heterocycles. The monoisotopic (exact) mass is 278 g/mol. The number of amides is 1. The van der Waals surface area contributed by atoms with Crippen molar-refractivity contribution in [2.24, 2.45) is 11.7 Å². The highest BCUT2D eigenvalue weighted by Crippen LogP contribution is 2.34. The van der Waals surface area contributed by atoms with Gasteiger partial charge in [0, 0.05) is 24.3 Å². The van der Waals surface area contributed by atoms with Crippen molar-refractivity contribution in [2.45, 2.75) is 26.3 Å². The van der Waals surface area contributed by atoms with Crippen LogP contribution in [0.4, 0.5) is 17.1 Å². The molecule has 0 saturated heterocycles. The van der Waals surface area contributed by atoms with Crippen LogP contribution >= 0.6 is 0 Å². The fraction of sp³-hybridized carbons (Fsp3) is 0.462. The van der Waals surface area contributed by atoms with Crippen molar-refractivity contribution in [1.29, 1.82) is 0 Å². The zero-order valence-corrected chi connectivity index (χ0v) is 11.5. The molecule has 7 nitrogen and oxygen atoms in total. The predicted octanol–water partition coefficient (Wildman–Crippen LogP) is 1.48. The van der Waals surface area contributed by atoms with Gasteiger partial charge in [0.25, 0.3) is 5.69 Å². The molecule has 0 saturated carbocycles. The molecule has 4 N–H and O–H groups in total. The van der Waals surface area contributed by atoms with Crippen LogP contribution in [0.3, 0.4) is 0 Å². The Morgan fingerprint density at radius 1 is 1.50 bits per heavy atom. The lowest BCUT2D eigenvalue weighted by Crippen LogP contribution is -2.34. The number of nitrogens with two attached hydrogens (primary N) is 1. The summed E-state index contributed by atoms with van der Waals surface area (Å²) in [6, 6.07) is 2.94. The Labute approximate surface area is 116 Å². The predicted molar refractivity (Wildman–Crippen MR) is 76.7 cm³/mol. The number of carbonyl (C=O) groups is 1. The van der Waals surface area contributed by atoms with Crippen molar-refractivity contribution in [1.82, 2.24) is 0 Å². The molecule has 1 heterocycles. The molecule has 1 unspecified atom stereocenters. The number of rotatable bonds is 5. The standard InChI is InChI=1S/C13H18N4O3/c1-7(2)9(14)6-15-11-5-10-8(4-13(18)16-10)3-12(11)17(19)20/h3,5,7,9,15H,4,6,14H2,1-2H3,(H,16,18). The molecule has 1 aromatic rings. The van der Waals surface area contributed by atoms with Crippen molar-refractivity contribution in [3.8, 4) is 0 Å². The van der Waals surface area contributed by atoms with Crippen molar-refractivity contribution in [3.05, 3.63) is 27.8 Å². The first kappa shape index (κ1) is 14.3. The number of fused-ring (bicyclic) bond motifs is 1. The van der Waals surface area contributed by atoms with Crippen LogP contribution in [0, 0.1) is 16.0 Å². The normalized spacial score (nSPS) is 14.9. The number of nitro benzene ring substituents is 1. The summed E-state index contributed by atoms with van der Waals surface area (Å²) in [7, 11) is 0. The summed E-state index contributed by atoms with van der Waals surface area (Å²) in [4.78, 5) is 22.0. The van der Waals surface area contributed by atoms with E-state index in [2.05, 4.69) is 10.6 Å². The molecule has 0 spiro atoms. The average molecular weight is 278 g/mol. The first-order chi connectivity index (χ1) is 9.38. The molecule has 1 aromatic carbocycles. The van der Waals surface area contributed by atoms with Crippen LogP contribution in [-0.2, 0) is 11.2 Å². The number of hydrogen-bond acceptors (Lipinski definition) is 5. The number of nitro groups is 1. The number of hydrogen-bond donors (Lipinski definition) is 3. The van der Waals surface area contributed by atoms with E-state index in [0.717, 1.165) is 0 Å². The minimum Gasteiger partial charge on any atom is -0.378 e. The Bertz CT molecular complexity index is 557. The summed E-state index contributed by atoms with van der Waals surface area (Å²) < 4.78 is 0. The van der Waals surface area contributed by atoms with E-state index in [0.29, 0.717) is 23.5 Å². The zero-order chi connectivity index (χ0) is 14.9. The van der Waals surface area contributed by atoms with Gasteiger partial charge in [-0.25, -0.2) is 0 Å². The highest BCUT2D eigenvalue weighted by Gasteiger charge is 2.24. The van der Waals surface area contributed by atoms with Crippen molar-refractivity contribution in [3.63, 3.8) is 0 Å². The zero-order valence-electron chi connectivity index (χ0n) is 11.5. The molecule has 0 bridgehead atoms. The van der Waals surface area contributed by atoms with E-state index in [1.807, 2.05) is 13.8 Å². The molecule has 0 radical (unpaired) electrons. The van der Waals surface area contributed by atoms with Crippen LogP contribution < -0.4 is 16.4 Å². The molecule has 1 amide bonds. The lowest BCUT2D eigenvalue weighted by Gasteiger charge is -2.17. The minimum absolute atomic E-state index is 0.0313. The van der Waals surface area contributed by atoms with Gasteiger partial charge in [0.15, 0.2) is 0 Å². The van der Waals surface area contributed by atoms with Crippen LogP contribution in [0.1, 0.15) is 19.4 Å². The summed E-state index contributed by atoms with van der Waals surface area (Å²) in [5.41, 5.74) is 7.55. The van der Waals surface area contributed by atoms with Crippen molar-refractivity contribution >= 4 is 23.0 Å². The third-order valence-electron chi connectivity index (χ3n) is 3.43. The van der Waals surface area contributed by atoms with Gasteiger partial charge in [0.1, 0.15) is 5.69 Å². The van der Waals surface area contributed by atoms with Crippen LogP contribution in [0.25, 0.3) is 0 Å². The lowest BCUT2D eigenvalue weighted by atomic mass is 10.1. The van der Waals surface area contributed by atoms with Crippen LogP contribution in [0.15, 0.2) is 12.1 Å². The van der Waals surface area contributed by atoms with E-state index in [1.165, 1.54) is 6.07 Å². The number of nitrogens with zero attached hydrogens (tertiary/aromatic N) is 1. The number of anilines is 2. The first-order valence-corrected chi connectivity index (χ1v) is 6.49. The highest BCUT2D eigenvalue weighted by molar-refractivity contribution is 6.00. The second-order valence-corrected chi connectivity index (χ2v) is 5.30. The highest BCUT2D eigenvalue weighted by atomic mass is 16.6. The second kappa shape index (κ2) is 5.46. The van der Waals surface area contributed by atoms with Gasteiger partial charge in [-0.05, 0) is 17.5 Å². The Kier molecular flexibility index (Phi) is 3.89. The molecule has 20 heavy (non-hydrogen) atoms. The molecule has 108 valence electrons. The van der Waals surface area contributed by atoms with Crippen LogP contribution in [0.5, 0.6) is 0 Å². The quantitative estimate of drug-likeness (QED) is 0.558. The Morgan fingerprint density at radius 2 is 2.20 bits per heavy atom. The van der Waals surface area contributed by atoms with Crippen LogP contribution in [-0.4, -0.2) is 23.4 Å². The van der Waals surface area contributed by atoms with Gasteiger partial charge in [-0.2, -0.15) is 0 Å². The summed E-state index contributed by atoms with van der Waals surface area (Å²) in [5.74, 6) is 0.126. The fourth-order valence-electron chi connectivity index (χ4n) is 2.02. The van der Waals surface area contributed by atoms with Gasteiger partial charge in [0.2, 0.25) is 5.91 Å². The summed E-state index contributed by atoms with van der Waals surface area (Å²) >= 11 is 0. The van der Waals surface area contributed by atoms with Gasteiger partial charge < -0.3 is 16.4 Å². The molecule has 1 aliphatic rings. The first-order valence-electron chi connectivity index (χ1n) is 6.49. The smallest absolute Gasteiger partial charge is 0.292 e. The number of nitrogens with one attached hydrogen (secondary N) is 2. The van der Waals surface area contributed by atoms with Gasteiger partial charge in [-0.3, -0.25) is 14.9 Å². The lowest BCUT2D eigenvalue weighted by molar-refractivity contribution is -0.384. The largest absolute Gasteiger partial charge is 0.378 e. The van der Waals surface area contributed by atoms with Crippen LogP contribution in [0.2, 0.25) is 0 Å². The summed E-state index contributed by atoms with van der Waals surface area (Å²) in [5, 5.41) is 16.8. The van der Waals surface area contributed by atoms with Gasteiger partial charge in [-0.15, -0.1) is 0 Å². The van der Waals surface area contributed by atoms with E-state index in [1.54, 1.807) is 6.07 Å². The van der Waals surface area contributed by atoms with Crippen molar-refractivity contribution < 1.29 is 9.72 Å². The molecule has 0 fully saturated rings. The number of carbonyl (C=O) groups excluding carboxylic acids is 1. The molecular weight excluding hydrogens is 260 g/mol. The van der Waals surface area contributed by atoms with E-state index < -0.39 is 4.92 Å². The van der Waals surface area contributed by atoms with Gasteiger partial charge in [-0.1, -0.05) is 13.8 Å². The Morgan fingerprint density at radius 3 is 2.80 bits per heavy atom. The van der Waals surface area contributed by atoms with Crippen molar-refractivity contribution in [2.75, 3.05) is 17.2 Å². The molecule has 7 heteroatoms. The summed E-state index contributed by atoms with van der Waals surface area (Å²) in [6.45, 7) is 4.42. The maximum absolute atomic E-state index is 11.3. The van der Waals surface area contributed by atoms with E-state index in [4.69, 9.17) is 5.73 Å². The summed E-state index contributed by atoms with van der Waals surface area (Å²) in [6.07, 6.45) is 0.183. The van der Waals surface area contributed by atoms with Gasteiger partial charge in [0.05, 0.1) is 11.3 Å². The van der Waals surface area contributed by atoms with E-state index in [-0.39, 0.29) is 30.0 Å². The molecule has 0 aliphatic carbocycles. The SMILES string of the molecule is CC(C)C(N)CNc1cc2c(cc1[N+](=O)[O-])CC(=O)N2. The maximum Gasteiger partial charge on any atom is 0.292 e. The fourth-order valence-corrected chi connectivity index (χ4v) is 2.02. The minimum atomic E-state index is -0.452. The third-order valence-corrected chi connectivity index (χ3v) is 3.43. The van der Waals surface area contributed by atoms with E-state index >= 15 is 0 Å². The molecule has 2 rings (SSSR count). The average Bonchev–Trinajstić information content (AvgIpc) is 2.73. The molecule has 1 atom stereocenters. The Balaban J connectivity index is 2.25. The topological polar surface area (TPSA) is 110 Å². The van der Waals surface area contributed by atoms with E-state index in [9.17, 15) is 14.9 Å². The molecule has 0 aromatic heterocycles. The molecular formula is C13H18N4O3. The Hall–Kier alpha value is -2.15. The van der Waals surface area contributed by atoms with Gasteiger partial charge >= 0.3 is 0 Å². The second-order valence-electron chi connectivity index (χ2n) is 5.30.